The van der Waals surface area contributed by atoms with Gasteiger partial charge in [0, 0.05) is 23.9 Å². The smallest absolute Gasteiger partial charge is 0.244 e. The van der Waals surface area contributed by atoms with Gasteiger partial charge in [-0.2, -0.15) is 0 Å². The molecule has 1 fully saturated rings. The van der Waals surface area contributed by atoms with Gasteiger partial charge in [0.2, 0.25) is 12.7 Å². The number of ether oxygens (including phenoxy) is 2. The van der Waals surface area contributed by atoms with Crippen LogP contribution in [0.2, 0.25) is 0 Å². The molecule has 0 spiro atoms. The van der Waals surface area contributed by atoms with Gasteiger partial charge < -0.3 is 24.6 Å². The average Bonchev–Trinajstić information content (AvgIpc) is 3.34. The van der Waals surface area contributed by atoms with E-state index in [1.165, 1.54) is 18.9 Å². The van der Waals surface area contributed by atoms with Gasteiger partial charge in [0.25, 0.3) is 0 Å². The van der Waals surface area contributed by atoms with Crippen LogP contribution < -0.4 is 14.4 Å². The molecule has 1 atom stereocenters. The van der Waals surface area contributed by atoms with Gasteiger partial charge in [-0.25, -0.2) is 0 Å². The first kappa shape index (κ1) is 16.4. The van der Waals surface area contributed by atoms with Crippen LogP contribution in [0.4, 0.5) is 5.69 Å². The van der Waals surface area contributed by atoms with Crippen LogP contribution in [-0.2, 0) is 10.2 Å². The lowest BCUT2D eigenvalue weighted by Crippen LogP contribution is -2.44. The predicted molar refractivity (Wildman–Crippen MR) is 98.2 cm³/mol. The number of aliphatic hydroxyl groups excluding tert-OH is 1. The van der Waals surface area contributed by atoms with E-state index in [1.54, 1.807) is 11.0 Å². The van der Waals surface area contributed by atoms with Crippen molar-refractivity contribution in [2.24, 2.45) is 5.92 Å². The Bertz CT molecular complexity index is 923. The van der Waals surface area contributed by atoms with Gasteiger partial charge in [-0.3, -0.25) is 4.79 Å². The molecule has 2 aromatic rings. The van der Waals surface area contributed by atoms with Gasteiger partial charge in [-0.05, 0) is 30.0 Å². The Morgan fingerprint density at radius 3 is 2.59 bits per heavy atom. The first-order valence-corrected chi connectivity index (χ1v) is 9.30. The first-order valence-electron chi connectivity index (χ1n) is 9.30. The summed E-state index contributed by atoms with van der Waals surface area (Å²) in [4.78, 5) is 15.3. The number of fused-ring (bicyclic) bond motifs is 2. The molecule has 6 heteroatoms. The Hall–Kier alpha value is -2.73. The second kappa shape index (κ2) is 5.89. The first-order chi connectivity index (χ1) is 13.1. The Morgan fingerprint density at radius 1 is 1.11 bits per heavy atom. The number of phenolic OH excluding ortho intramolecular Hbond substituents is 1. The van der Waals surface area contributed by atoms with E-state index < -0.39 is 12.0 Å². The van der Waals surface area contributed by atoms with E-state index in [2.05, 4.69) is 0 Å². The summed E-state index contributed by atoms with van der Waals surface area (Å²) >= 11 is 0. The van der Waals surface area contributed by atoms with Gasteiger partial charge in [-0.1, -0.05) is 31.0 Å². The lowest BCUT2D eigenvalue weighted by atomic mass is 9.75. The van der Waals surface area contributed by atoms with Crippen molar-refractivity contribution in [2.45, 2.75) is 24.7 Å². The van der Waals surface area contributed by atoms with Crippen LogP contribution in [0, 0.1) is 5.92 Å². The number of aliphatic hydroxyl groups is 1. The van der Waals surface area contributed by atoms with E-state index in [0.29, 0.717) is 35.1 Å². The van der Waals surface area contributed by atoms with Crippen molar-refractivity contribution in [3.8, 4) is 17.2 Å². The van der Waals surface area contributed by atoms with E-state index in [4.69, 9.17) is 9.47 Å². The second-order valence-corrected chi connectivity index (χ2v) is 7.49. The number of hydrogen-bond acceptors (Lipinski definition) is 5. The van der Waals surface area contributed by atoms with Crippen molar-refractivity contribution < 1.29 is 24.5 Å². The summed E-state index contributed by atoms with van der Waals surface area (Å²) in [6.07, 6.45) is 3.39. The summed E-state index contributed by atoms with van der Waals surface area (Å²) < 4.78 is 10.8. The second-order valence-electron chi connectivity index (χ2n) is 7.49. The number of rotatable bonds is 5. The fourth-order valence-electron chi connectivity index (χ4n) is 4.24. The van der Waals surface area contributed by atoms with Crippen molar-refractivity contribution in [1.29, 1.82) is 0 Å². The van der Waals surface area contributed by atoms with E-state index in [9.17, 15) is 15.0 Å². The number of aromatic hydroxyl groups is 1. The van der Waals surface area contributed by atoms with Crippen LogP contribution in [0.15, 0.2) is 36.4 Å². The molecule has 6 nitrogen and oxygen atoms in total. The Kier molecular flexibility index (Phi) is 3.59. The maximum Gasteiger partial charge on any atom is 0.244 e. The zero-order valence-electron chi connectivity index (χ0n) is 14.9. The Morgan fingerprint density at radius 2 is 1.85 bits per heavy atom. The molecular formula is C21H21NO5. The zero-order chi connectivity index (χ0) is 18.6. The summed E-state index contributed by atoms with van der Waals surface area (Å²) in [7, 11) is 0. The van der Waals surface area contributed by atoms with Crippen LogP contribution in [0.5, 0.6) is 17.2 Å². The third-order valence-electron chi connectivity index (χ3n) is 5.91. The molecule has 140 valence electrons. The highest BCUT2D eigenvalue weighted by molar-refractivity contribution is 6.11. The molecule has 2 N–H and O–H groups in total. The van der Waals surface area contributed by atoms with Crippen molar-refractivity contribution in [3.05, 3.63) is 47.5 Å². The minimum Gasteiger partial charge on any atom is -0.507 e. The average molecular weight is 367 g/mol. The molecule has 0 aromatic heterocycles. The van der Waals surface area contributed by atoms with E-state index in [-0.39, 0.29) is 18.4 Å². The van der Waals surface area contributed by atoms with Crippen LogP contribution >= 0.6 is 0 Å². The zero-order valence-corrected chi connectivity index (χ0v) is 14.9. The molecule has 5 rings (SSSR count). The molecule has 0 saturated heterocycles. The molecule has 2 aromatic carbocycles. The number of benzene rings is 2. The quantitative estimate of drug-likeness (QED) is 0.849. The number of nitrogens with zero attached hydrogens (tertiary/aromatic N) is 1. The normalized spacial score (nSPS) is 23.0. The minimum absolute atomic E-state index is 0.0718. The van der Waals surface area contributed by atoms with Gasteiger partial charge in [0.05, 0.1) is 6.61 Å². The molecule has 3 aliphatic rings. The third kappa shape index (κ3) is 2.33. The summed E-state index contributed by atoms with van der Waals surface area (Å²) in [6, 6.07) is 10.6. The number of carbonyl (C=O) groups is 1. The highest BCUT2D eigenvalue weighted by Crippen LogP contribution is 2.51. The van der Waals surface area contributed by atoms with Crippen LogP contribution in [0.25, 0.3) is 0 Å². The molecule has 2 aliphatic heterocycles. The molecule has 1 amide bonds. The third-order valence-corrected chi connectivity index (χ3v) is 5.91. The highest BCUT2D eigenvalue weighted by atomic mass is 16.7. The molecule has 1 saturated carbocycles. The minimum atomic E-state index is -1.34. The Labute approximate surface area is 156 Å². The molecule has 1 aliphatic carbocycles. The van der Waals surface area contributed by atoms with E-state index in [0.717, 1.165) is 12.1 Å². The lowest BCUT2D eigenvalue weighted by molar-refractivity contribution is -0.123. The maximum absolute atomic E-state index is 13.6. The van der Waals surface area contributed by atoms with Crippen molar-refractivity contribution in [3.63, 3.8) is 0 Å². The lowest BCUT2D eigenvalue weighted by Gasteiger charge is -2.28. The molecule has 1 unspecified atom stereocenters. The largest absolute Gasteiger partial charge is 0.507 e. The highest BCUT2D eigenvalue weighted by Gasteiger charge is 2.53. The number of carbonyl (C=O) groups excluding carboxylic acids is 1. The molecular weight excluding hydrogens is 346 g/mol. The fourth-order valence-corrected chi connectivity index (χ4v) is 4.24. The van der Waals surface area contributed by atoms with Crippen molar-refractivity contribution in [2.75, 3.05) is 24.8 Å². The summed E-state index contributed by atoms with van der Waals surface area (Å²) in [5.41, 5.74) is 0.517. The number of para-hydroxylation sites is 1. The summed E-state index contributed by atoms with van der Waals surface area (Å²) in [5, 5.41) is 21.1. The van der Waals surface area contributed by atoms with Crippen molar-refractivity contribution in [1.82, 2.24) is 0 Å². The molecule has 27 heavy (non-hydrogen) atoms. The molecule has 0 bridgehead atoms. The monoisotopic (exact) mass is 367 g/mol. The molecule has 0 radical (unpaired) electrons. The van der Waals surface area contributed by atoms with E-state index in [1.807, 2.05) is 24.3 Å². The van der Waals surface area contributed by atoms with Crippen LogP contribution in [-0.4, -0.2) is 36.1 Å². The van der Waals surface area contributed by atoms with Crippen molar-refractivity contribution >= 4 is 11.6 Å². The SMILES string of the molecule is O=C1N(CCC2CC2)c2ccccc2C1(CO)c1cc2c(cc1O)OCO2. The molecule has 2 heterocycles. The number of anilines is 1. The predicted octanol–water partition coefficient (Wildman–Crippen LogP) is 2.55. The topological polar surface area (TPSA) is 79.2 Å². The number of phenols is 1. The standard InChI is InChI=1S/C21H21NO5/c23-11-21(15-9-18-19(10-17(15)24)27-12-26-18)14-3-1-2-4-16(14)22(20(21)25)8-7-13-5-6-13/h1-4,9-10,13,23-24H,5-8,11-12H2. The summed E-state index contributed by atoms with van der Waals surface area (Å²) in [5.74, 6) is 1.31. The maximum atomic E-state index is 13.6. The van der Waals surface area contributed by atoms with Crippen LogP contribution in [0.1, 0.15) is 30.4 Å². The number of hydrogen-bond donors (Lipinski definition) is 2. The van der Waals surface area contributed by atoms with Gasteiger partial charge in [-0.15, -0.1) is 0 Å². The van der Waals surface area contributed by atoms with Gasteiger partial charge >= 0.3 is 0 Å². The number of amides is 1. The van der Waals surface area contributed by atoms with Gasteiger partial charge in [0.1, 0.15) is 11.2 Å². The van der Waals surface area contributed by atoms with Crippen LogP contribution in [0.3, 0.4) is 0 Å². The van der Waals surface area contributed by atoms with Gasteiger partial charge in [0.15, 0.2) is 11.5 Å². The fraction of sp³-hybridized carbons (Fsp3) is 0.381. The van der Waals surface area contributed by atoms with E-state index >= 15 is 0 Å². The summed E-state index contributed by atoms with van der Waals surface area (Å²) in [6.45, 7) is 0.256. The Balaban J connectivity index is 1.65.